The van der Waals surface area contributed by atoms with E-state index in [4.69, 9.17) is 5.73 Å². The van der Waals surface area contributed by atoms with Crippen LogP contribution in [0.1, 0.15) is 51.9 Å². The van der Waals surface area contributed by atoms with E-state index in [1.54, 1.807) is 0 Å². The second-order valence-corrected chi connectivity index (χ2v) is 5.59. The summed E-state index contributed by atoms with van der Waals surface area (Å²) in [4.78, 5) is 2.69. The van der Waals surface area contributed by atoms with Crippen LogP contribution >= 0.6 is 0 Å². The van der Waals surface area contributed by atoms with Crippen LogP contribution in [-0.2, 0) is 0 Å². The summed E-state index contributed by atoms with van der Waals surface area (Å²) in [5, 5.41) is 0. The molecule has 0 aromatic heterocycles. The van der Waals surface area contributed by atoms with Crippen molar-refractivity contribution in [2.24, 2.45) is 11.7 Å². The predicted molar refractivity (Wildman–Crippen MR) is 64.8 cm³/mol. The highest BCUT2D eigenvalue weighted by Gasteiger charge is 2.39. The van der Waals surface area contributed by atoms with Gasteiger partial charge in [-0.15, -0.1) is 0 Å². The maximum absolute atomic E-state index is 6.08. The van der Waals surface area contributed by atoms with E-state index in [-0.39, 0.29) is 0 Å². The van der Waals surface area contributed by atoms with Gasteiger partial charge >= 0.3 is 0 Å². The van der Waals surface area contributed by atoms with Crippen LogP contribution in [0.5, 0.6) is 0 Å². The Morgan fingerprint density at radius 1 is 1.07 bits per heavy atom. The molecule has 1 unspecified atom stereocenters. The summed E-state index contributed by atoms with van der Waals surface area (Å²) in [5.41, 5.74) is 6.38. The summed E-state index contributed by atoms with van der Waals surface area (Å²) in [6, 6.07) is 0. The average molecular weight is 210 g/mol. The molecule has 2 nitrogen and oxygen atoms in total. The lowest BCUT2D eigenvalue weighted by Crippen LogP contribution is -2.57. The Morgan fingerprint density at radius 2 is 1.67 bits per heavy atom. The Labute approximate surface area is 94.2 Å². The zero-order valence-corrected chi connectivity index (χ0v) is 10.2. The van der Waals surface area contributed by atoms with E-state index in [0.717, 1.165) is 12.5 Å². The number of nitrogens with zero attached hydrogens (tertiary/aromatic N) is 1. The minimum atomic E-state index is 0.302. The van der Waals surface area contributed by atoms with Crippen LogP contribution in [0.15, 0.2) is 0 Å². The zero-order chi connectivity index (χ0) is 10.7. The number of nitrogens with two attached hydrogens (primary N) is 1. The summed E-state index contributed by atoms with van der Waals surface area (Å²) >= 11 is 0. The van der Waals surface area contributed by atoms with Gasteiger partial charge in [-0.1, -0.05) is 19.3 Å². The van der Waals surface area contributed by atoms with Crippen molar-refractivity contribution in [2.75, 3.05) is 19.6 Å². The fourth-order valence-electron chi connectivity index (χ4n) is 3.51. The number of hydrogen-bond acceptors (Lipinski definition) is 2. The molecule has 1 heterocycles. The van der Waals surface area contributed by atoms with Gasteiger partial charge in [-0.25, -0.2) is 0 Å². The average Bonchev–Trinajstić information content (AvgIpc) is 2.83. The van der Waals surface area contributed by atoms with E-state index < -0.39 is 0 Å². The number of hydrogen-bond donors (Lipinski definition) is 1. The fourth-order valence-corrected chi connectivity index (χ4v) is 3.51. The van der Waals surface area contributed by atoms with Crippen molar-refractivity contribution < 1.29 is 0 Å². The third-order valence-corrected chi connectivity index (χ3v) is 4.73. The third-order valence-electron chi connectivity index (χ3n) is 4.73. The van der Waals surface area contributed by atoms with E-state index in [1.165, 1.54) is 58.0 Å². The molecule has 0 aromatic carbocycles. The van der Waals surface area contributed by atoms with Gasteiger partial charge in [-0.2, -0.15) is 0 Å². The molecule has 2 heteroatoms. The highest BCUT2D eigenvalue weighted by atomic mass is 15.2. The first-order valence-electron chi connectivity index (χ1n) is 6.72. The summed E-state index contributed by atoms with van der Waals surface area (Å²) in [7, 11) is 0. The monoisotopic (exact) mass is 210 g/mol. The van der Waals surface area contributed by atoms with Crippen molar-refractivity contribution in [3.63, 3.8) is 0 Å². The lowest BCUT2D eigenvalue weighted by molar-refractivity contribution is 0.0386. The molecule has 1 saturated carbocycles. The van der Waals surface area contributed by atoms with Crippen molar-refractivity contribution in [2.45, 2.75) is 57.4 Å². The van der Waals surface area contributed by atoms with E-state index in [0.29, 0.717) is 5.54 Å². The van der Waals surface area contributed by atoms with Crippen molar-refractivity contribution in [3.05, 3.63) is 0 Å². The van der Waals surface area contributed by atoms with Gasteiger partial charge in [-0.3, -0.25) is 4.90 Å². The Hall–Kier alpha value is -0.0800. The zero-order valence-electron chi connectivity index (χ0n) is 10.2. The first-order valence-corrected chi connectivity index (χ1v) is 6.72. The molecule has 1 saturated heterocycles. The molecule has 2 N–H and O–H groups in total. The third kappa shape index (κ3) is 2.21. The van der Waals surface area contributed by atoms with Gasteiger partial charge in [0.05, 0.1) is 0 Å². The topological polar surface area (TPSA) is 29.3 Å². The van der Waals surface area contributed by atoms with E-state index in [1.807, 2.05) is 0 Å². The Morgan fingerprint density at radius 3 is 2.20 bits per heavy atom. The largest absolute Gasteiger partial charge is 0.329 e. The van der Waals surface area contributed by atoms with Crippen LogP contribution in [0.4, 0.5) is 0 Å². The van der Waals surface area contributed by atoms with Gasteiger partial charge in [-0.05, 0) is 51.6 Å². The van der Waals surface area contributed by atoms with Crippen LogP contribution in [0.3, 0.4) is 0 Å². The SMILES string of the molecule is CC(CN)(C1CCCC1)N1CCCCC1. The highest BCUT2D eigenvalue weighted by molar-refractivity contribution is 4.96. The van der Waals surface area contributed by atoms with Crippen LogP contribution in [0.25, 0.3) is 0 Å². The predicted octanol–water partition coefficient (Wildman–Crippen LogP) is 2.38. The number of rotatable bonds is 3. The van der Waals surface area contributed by atoms with Crippen molar-refractivity contribution in [1.82, 2.24) is 4.90 Å². The summed E-state index contributed by atoms with van der Waals surface area (Å²) in [6.45, 7) is 5.82. The smallest absolute Gasteiger partial charge is 0.0331 e. The molecule has 1 aliphatic carbocycles. The first-order chi connectivity index (χ1) is 7.27. The molecule has 15 heavy (non-hydrogen) atoms. The maximum atomic E-state index is 6.08. The Bertz CT molecular complexity index is 193. The molecule has 0 radical (unpaired) electrons. The molecule has 1 atom stereocenters. The summed E-state index contributed by atoms with van der Waals surface area (Å²) in [5.74, 6) is 0.862. The van der Waals surface area contributed by atoms with E-state index in [9.17, 15) is 0 Å². The Balaban J connectivity index is 2.04. The van der Waals surface area contributed by atoms with Crippen molar-refractivity contribution >= 4 is 0 Å². The minimum absolute atomic E-state index is 0.302. The van der Waals surface area contributed by atoms with Crippen molar-refractivity contribution in [3.8, 4) is 0 Å². The lowest BCUT2D eigenvalue weighted by Gasteiger charge is -2.46. The molecular weight excluding hydrogens is 184 g/mol. The maximum Gasteiger partial charge on any atom is 0.0331 e. The molecule has 0 aromatic rings. The van der Waals surface area contributed by atoms with Crippen LogP contribution in [0.2, 0.25) is 0 Å². The van der Waals surface area contributed by atoms with Crippen LogP contribution < -0.4 is 5.73 Å². The van der Waals surface area contributed by atoms with Crippen LogP contribution in [0, 0.1) is 5.92 Å². The molecular formula is C13H26N2. The quantitative estimate of drug-likeness (QED) is 0.775. The van der Waals surface area contributed by atoms with Gasteiger partial charge in [0, 0.05) is 12.1 Å². The molecule has 2 fully saturated rings. The fraction of sp³-hybridized carbons (Fsp3) is 1.00. The highest BCUT2D eigenvalue weighted by Crippen LogP contribution is 2.38. The molecule has 2 aliphatic rings. The number of likely N-dealkylation sites (tertiary alicyclic amines) is 1. The van der Waals surface area contributed by atoms with E-state index in [2.05, 4.69) is 11.8 Å². The first kappa shape index (κ1) is 11.4. The molecule has 0 spiro atoms. The minimum Gasteiger partial charge on any atom is -0.329 e. The second-order valence-electron chi connectivity index (χ2n) is 5.59. The summed E-state index contributed by atoms with van der Waals surface area (Å²) < 4.78 is 0. The van der Waals surface area contributed by atoms with Crippen LogP contribution in [-0.4, -0.2) is 30.1 Å². The number of piperidine rings is 1. The molecule has 2 rings (SSSR count). The van der Waals surface area contributed by atoms with Gasteiger partial charge in [0.15, 0.2) is 0 Å². The second kappa shape index (κ2) is 4.84. The molecule has 88 valence electrons. The van der Waals surface area contributed by atoms with E-state index >= 15 is 0 Å². The normalized spacial score (nSPS) is 29.2. The van der Waals surface area contributed by atoms with Gasteiger partial charge < -0.3 is 5.73 Å². The molecule has 0 amide bonds. The van der Waals surface area contributed by atoms with Gasteiger partial charge in [0.25, 0.3) is 0 Å². The molecule has 1 aliphatic heterocycles. The van der Waals surface area contributed by atoms with Gasteiger partial charge in [0.2, 0.25) is 0 Å². The Kier molecular flexibility index (Phi) is 3.68. The van der Waals surface area contributed by atoms with Crippen molar-refractivity contribution in [1.29, 1.82) is 0 Å². The molecule has 0 bridgehead atoms. The van der Waals surface area contributed by atoms with Gasteiger partial charge in [0.1, 0.15) is 0 Å². The summed E-state index contributed by atoms with van der Waals surface area (Å²) in [6.07, 6.45) is 9.84. The standard InChI is InChI=1S/C13H26N2/c1-13(11-14,12-7-3-4-8-12)15-9-5-2-6-10-15/h12H,2-11,14H2,1H3. The lowest BCUT2D eigenvalue weighted by atomic mass is 9.81.